The van der Waals surface area contributed by atoms with Crippen LogP contribution in [-0.4, -0.2) is 56.6 Å². The predicted molar refractivity (Wildman–Crippen MR) is 146 cm³/mol. The van der Waals surface area contributed by atoms with Gasteiger partial charge in [-0.25, -0.2) is 8.98 Å². The van der Waals surface area contributed by atoms with E-state index in [1.54, 1.807) is 13.8 Å². The lowest BCUT2D eigenvalue weighted by Gasteiger charge is -2.33. The zero-order valence-electron chi connectivity index (χ0n) is 23.6. The lowest BCUT2D eigenvalue weighted by atomic mass is 9.85. The van der Waals surface area contributed by atoms with E-state index in [9.17, 15) is 27.6 Å². The summed E-state index contributed by atoms with van der Waals surface area (Å²) in [4.78, 5) is 47.1. The van der Waals surface area contributed by atoms with Crippen LogP contribution in [0.2, 0.25) is 0 Å². The number of hydrogen-bond donors (Lipinski definition) is 2. The van der Waals surface area contributed by atoms with Crippen molar-refractivity contribution in [2.75, 3.05) is 13.2 Å². The molecule has 14 heteroatoms. The molecule has 1 saturated carbocycles. The molecule has 0 aromatic heterocycles. The molecule has 1 aromatic carbocycles. The zero-order chi connectivity index (χ0) is 30.5. The van der Waals surface area contributed by atoms with E-state index < -0.39 is 39.8 Å². The number of carbonyl (C=O) groups excluding carboxylic acids is 4. The molecule has 1 fully saturated rings. The number of esters is 2. The van der Waals surface area contributed by atoms with Crippen LogP contribution in [0.1, 0.15) is 77.2 Å². The van der Waals surface area contributed by atoms with Crippen molar-refractivity contribution in [3.8, 4) is 0 Å². The minimum Gasteiger partial charge on any atom is -0.466 e. The molecule has 0 unspecified atom stereocenters. The van der Waals surface area contributed by atoms with Crippen LogP contribution >= 0.6 is 0 Å². The van der Waals surface area contributed by atoms with Gasteiger partial charge in [0, 0.05) is 18.8 Å². The number of benzene rings is 1. The van der Waals surface area contributed by atoms with Crippen molar-refractivity contribution >= 4 is 34.3 Å². The Hall–Kier alpha value is -3.23. The van der Waals surface area contributed by atoms with Crippen LogP contribution in [0.5, 0.6) is 0 Å². The minimum atomic E-state index is -4.63. The number of nitrogens with two attached hydrogens (primary N) is 2. The molecular formula is C27H41N3O10S. The molecule has 1 aliphatic carbocycles. The van der Waals surface area contributed by atoms with Crippen molar-refractivity contribution < 1.29 is 45.5 Å². The Morgan fingerprint density at radius 3 is 2.07 bits per heavy atom. The van der Waals surface area contributed by atoms with Crippen molar-refractivity contribution in [3.05, 3.63) is 35.9 Å². The molecule has 3 amide bonds. The molecule has 0 radical (unpaired) electrons. The van der Waals surface area contributed by atoms with Gasteiger partial charge in [0.25, 0.3) is 0 Å². The highest BCUT2D eigenvalue weighted by atomic mass is 32.3. The molecule has 4 N–H and O–H groups in total. The van der Waals surface area contributed by atoms with Gasteiger partial charge in [0.1, 0.15) is 6.61 Å². The van der Waals surface area contributed by atoms with Gasteiger partial charge in [-0.1, -0.05) is 44.2 Å². The first-order chi connectivity index (χ1) is 19.3. The predicted octanol–water partition coefficient (Wildman–Crippen LogP) is 2.87. The zero-order valence-corrected chi connectivity index (χ0v) is 24.4. The van der Waals surface area contributed by atoms with Gasteiger partial charge in [0.05, 0.1) is 19.3 Å². The summed E-state index contributed by atoms with van der Waals surface area (Å²) in [7, 11) is -4.63. The second kappa shape index (κ2) is 16.3. The Morgan fingerprint density at radius 2 is 1.51 bits per heavy atom. The second-order valence-corrected chi connectivity index (χ2v) is 12.0. The Bertz CT molecular complexity index is 1120. The standard InChI is InChI=1S/C27H41N3O10S/c1-27(2,16-17-37-23(31)10-6-7-11-24(32)38-18-20-8-4-3-5-9-20)19-39-41(35,36)40-30(26(29)34)22-14-12-21(13-15-22)25(28)33/h3-5,8-9,21-22H,6-7,10-19H2,1-2H3,(H2,28,33)(H2,29,34). The van der Waals surface area contributed by atoms with E-state index in [1.165, 1.54) is 0 Å². The lowest BCUT2D eigenvalue weighted by molar-refractivity contribution is -0.147. The smallest absolute Gasteiger partial charge is 0.421 e. The fraction of sp³-hybridized carbons (Fsp3) is 0.630. The average molecular weight is 600 g/mol. The monoisotopic (exact) mass is 599 g/mol. The third kappa shape index (κ3) is 13.3. The van der Waals surface area contributed by atoms with Crippen LogP contribution in [0.4, 0.5) is 4.79 Å². The number of primary amides is 2. The number of amides is 3. The van der Waals surface area contributed by atoms with E-state index in [1.807, 2.05) is 30.3 Å². The average Bonchev–Trinajstić information content (AvgIpc) is 2.92. The number of urea groups is 1. The summed E-state index contributed by atoms with van der Waals surface area (Å²) in [6.45, 7) is 3.37. The maximum Gasteiger partial charge on any atom is 0.421 e. The summed E-state index contributed by atoms with van der Waals surface area (Å²) in [6.07, 6.45) is 2.90. The van der Waals surface area contributed by atoms with Gasteiger partial charge in [-0.05, 0) is 55.9 Å². The maximum atomic E-state index is 12.4. The highest BCUT2D eigenvalue weighted by Crippen LogP contribution is 2.29. The van der Waals surface area contributed by atoms with Crippen LogP contribution in [0.15, 0.2) is 30.3 Å². The fourth-order valence-electron chi connectivity index (χ4n) is 4.16. The van der Waals surface area contributed by atoms with Crippen molar-refractivity contribution in [2.45, 2.75) is 84.3 Å². The van der Waals surface area contributed by atoms with Crippen LogP contribution in [0.25, 0.3) is 0 Å². The second-order valence-electron chi connectivity index (χ2n) is 10.8. The van der Waals surface area contributed by atoms with E-state index >= 15 is 0 Å². The molecule has 1 aromatic rings. The van der Waals surface area contributed by atoms with E-state index in [0.717, 1.165) is 5.56 Å². The Labute approximate surface area is 241 Å². The molecule has 0 aliphatic heterocycles. The number of ether oxygens (including phenoxy) is 2. The van der Waals surface area contributed by atoms with Gasteiger partial charge in [-0.15, -0.1) is 4.28 Å². The van der Waals surface area contributed by atoms with Gasteiger partial charge in [0.15, 0.2) is 0 Å². The number of carbonyl (C=O) groups is 4. The van der Waals surface area contributed by atoms with Crippen molar-refractivity contribution in [2.24, 2.45) is 22.8 Å². The number of nitrogens with zero attached hydrogens (tertiary/aromatic N) is 1. The highest BCUT2D eigenvalue weighted by Gasteiger charge is 2.35. The summed E-state index contributed by atoms with van der Waals surface area (Å²) < 4.78 is 45.1. The van der Waals surface area contributed by atoms with E-state index in [-0.39, 0.29) is 51.0 Å². The van der Waals surface area contributed by atoms with Crippen LogP contribution in [0.3, 0.4) is 0 Å². The molecule has 0 bridgehead atoms. The van der Waals surface area contributed by atoms with Crippen molar-refractivity contribution in [1.82, 2.24) is 5.06 Å². The van der Waals surface area contributed by atoms with E-state index in [2.05, 4.69) is 0 Å². The molecule has 41 heavy (non-hydrogen) atoms. The number of hydrogen-bond acceptors (Lipinski definition) is 10. The van der Waals surface area contributed by atoms with Gasteiger partial charge in [-0.3, -0.25) is 14.4 Å². The van der Waals surface area contributed by atoms with Crippen LogP contribution in [0, 0.1) is 11.3 Å². The van der Waals surface area contributed by atoms with E-state index in [4.69, 9.17) is 29.4 Å². The molecule has 0 spiro atoms. The summed E-state index contributed by atoms with van der Waals surface area (Å²) in [6, 6.07) is 7.58. The molecular weight excluding hydrogens is 558 g/mol. The van der Waals surface area contributed by atoms with Crippen molar-refractivity contribution in [3.63, 3.8) is 0 Å². The van der Waals surface area contributed by atoms with E-state index in [0.29, 0.717) is 43.6 Å². The highest BCUT2D eigenvalue weighted by molar-refractivity contribution is 7.81. The quantitative estimate of drug-likeness (QED) is 0.153. The summed E-state index contributed by atoms with van der Waals surface area (Å²) in [5.74, 6) is -1.57. The SMILES string of the molecule is CC(C)(CCOC(=O)CCCCC(=O)OCc1ccccc1)COS(=O)(=O)ON(C(N)=O)C1CCC(C(N)=O)CC1. The molecule has 0 heterocycles. The van der Waals surface area contributed by atoms with Crippen molar-refractivity contribution in [1.29, 1.82) is 0 Å². The number of rotatable bonds is 17. The van der Waals surface area contributed by atoms with Gasteiger partial charge in [0.2, 0.25) is 5.91 Å². The topological polar surface area (TPSA) is 195 Å². The molecule has 0 saturated heterocycles. The fourth-order valence-corrected chi connectivity index (χ4v) is 5.06. The first-order valence-corrected chi connectivity index (χ1v) is 14.9. The first kappa shape index (κ1) is 34.0. The molecule has 0 atom stereocenters. The van der Waals surface area contributed by atoms with Crippen LogP contribution in [-0.2, 0) is 49.3 Å². The molecule has 1 aliphatic rings. The summed E-state index contributed by atoms with van der Waals surface area (Å²) in [5, 5.41) is 0.560. The minimum absolute atomic E-state index is 0.0335. The Kier molecular flexibility index (Phi) is 13.5. The Morgan fingerprint density at radius 1 is 0.927 bits per heavy atom. The van der Waals surface area contributed by atoms with Gasteiger partial charge < -0.3 is 20.9 Å². The molecule has 13 nitrogen and oxygen atoms in total. The number of unbranched alkanes of at least 4 members (excludes halogenated alkanes) is 1. The normalized spacial score (nSPS) is 17.4. The Balaban J connectivity index is 1.64. The summed E-state index contributed by atoms with van der Waals surface area (Å²) in [5.41, 5.74) is 10.8. The first-order valence-electron chi connectivity index (χ1n) is 13.6. The van der Waals surface area contributed by atoms with Gasteiger partial charge >= 0.3 is 28.4 Å². The molecule has 230 valence electrons. The third-order valence-corrected chi connectivity index (χ3v) is 7.46. The van der Waals surface area contributed by atoms with Crippen LogP contribution < -0.4 is 11.5 Å². The molecule has 2 rings (SSSR count). The third-order valence-electron chi connectivity index (χ3n) is 6.71. The maximum absolute atomic E-state index is 12.4. The number of hydroxylamine groups is 2. The lowest BCUT2D eigenvalue weighted by Crippen LogP contribution is -2.47. The summed E-state index contributed by atoms with van der Waals surface area (Å²) >= 11 is 0. The largest absolute Gasteiger partial charge is 0.466 e. The van der Waals surface area contributed by atoms with Gasteiger partial charge in [-0.2, -0.15) is 13.5 Å².